The second-order valence-electron chi connectivity index (χ2n) is 10.2. The molecule has 0 bridgehead atoms. The third-order valence-corrected chi connectivity index (χ3v) is 13.7. The molecule has 172 valence electrons. The molecule has 2 fully saturated rings. The minimum atomic E-state index is -1.84. The van der Waals surface area contributed by atoms with E-state index in [1.54, 1.807) is 0 Å². The molecule has 6 heteroatoms. The van der Waals surface area contributed by atoms with Crippen molar-refractivity contribution in [3.8, 4) is 0 Å². The first-order valence-corrected chi connectivity index (χ1v) is 14.4. The van der Waals surface area contributed by atoms with Gasteiger partial charge in [-0.15, -0.1) is 11.6 Å². The molecule has 2 aliphatic heterocycles. The lowest BCUT2D eigenvalue weighted by Crippen LogP contribution is -2.49. The summed E-state index contributed by atoms with van der Waals surface area (Å²) in [7, 11) is -1.84. The Labute approximate surface area is 185 Å². The van der Waals surface area contributed by atoms with Crippen LogP contribution in [0.25, 0.3) is 0 Å². The predicted molar refractivity (Wildman–Crippen MR) is 123 cm³/mol. The average Bonchev–Trinajstić information content (AvgIpc) is 3.05. The van der Waals surface area contributed by atoms with E-state index >= 15 is 0 Å². The van der Waals surface area contributed by atoms with Crippen LogP contribution in [0.15, 0.2) is 0 Å². The van der Waals surface area contributed by atoms with E-state index in [0.717, 1.165) is 32.3 Å². The average molecular weight is 449 g/mol. The number of rotatable bonds is 10. The summed E-state index contributed by atoms with van der Waals surface area (Å²) in [5.74, 6) is 0.666. The number of ether oxygens (including phenoxy) is 3. The molecule has 1 unspecified atom stereocenters. The van der Waals surface area contributed by atoms with Gasteiger partial charge >= 0.3 is 0 Å². The Balaban J connectivity index is 1.97. The van der Waals surface area contributed by atoms with Crippen LogP contribution in [0, 0.1) is 11.8 Å². The number of halogens is 1. The molecule has 2 saturated heterocycles. The lowest BCUT2D eigenvalue weighted by atomic mass is 9.93. The van der Waals surface area contributed by atoms with Gasteiger partial charge in [-0.2, -0.15) is 0 Å². The number of alkyl halides is 1. The molecule has 4 nitrogen and oxygen atoms in total. The molecule has 0 amide bonds. The lowest BCUT2D eigenvalue weighted by Gasteiger charge is -2.44. The summed E-state index contributed by atoms with van der Waals surface area (Å²) < 4.78 is 25.6. The molecule has 0 N–H and O–H groups in total. The predicted octanol–water partition coefficient (Wildman–Crippen LogP) is 6.72. The van der Waals surface area contributed by atoms with Crippen LogP contribution in [0.3, 0.4) is 0 Å². The summed E-state index contributed by atoms with van der Waals surface area (Å²) in [6.45, 7) is 19.8. The van der Waals surface area contributed by atoms with Crippen molar-refractivity contribution in [2.24, 2.45) is 11.8 Å². The van der Waals surface area contributed by atoms with Gasteiger partial charge in [-0.25, -0.2) is 0 Å². The van der Waals surface area contributed by atoms with Gasteiger partial charge in [0.15, 0.2) is 8.32 Å². The van der Waals surface area contributed by atoms with Crippen LogP contribution in [0.1, 0.15) is 81.1 Å². The Morgan fingerprint density at radius 1 is 1.03 bits per heavy atom. The second-order valence-corrected chi connectivity index (χ2v) is 16.1. The van der Waals surface area contributed by atoms with Gasteiger partial charge in [-0.05, 0) is 47.7 Å². The molecule has 0 saturated carbocycles. The highest BCUT2D eigenvalue weighted by molar-refractivity contribution is 6.77. The maximum absolute atomic E-state index is 6.77. The molecule has 1 spiro atoms. The van der Waals surface area contributed by atoms with E-state index in [1.165, 1.54) is 0 Å². The fraction of sp³-hybridized carbons (Fsp3) is 1.00. The van der Waals surface area contributed by atoms with Gasteiger partial charge in [0.05, 0.1) is 18.8 Å². The second kappa shape index (κ2) is 10.8. The van der Waals surface area contributed by atoms with Crippen LogP contribution in [0.5, 0.6) is 0 Å². The zero-order chi connectivity index (χ0) is 21.8. The van der Waals surface area contributed by atoms with E-state index in [0.29, 0.717) is 40.9 Å². The van der Waals surface area contributed by atoms with Crippen LogP contribution in [-0.2, 0) is 18.6 Å². The standard InChI is InChI=1S/C23H45ClO4Si/c1-16(2)29(17(3)4,18(5)6)26-14-11-21-19(7)9-12-23(27-21)25-15-22(28-23)20(8)10-13-24/h16-22H,9-15H2,1-8H3/t19-,20-,21+,22-,23?/m0/s1. The van der Waals surface area contributed by atoms with Crippen LogP contribution >= 0.6 is 11.6 Å². The van der Waals surface area contributed by atoms with E-state index in [1.807, 2.05) is 0 Å². The maximum Gasteiger partial charge on any atom is 0.283 e. The zero-order valence-corrected chi connectivity index (χ0v) is 21.8. The maximum atomic E-state index is 6.77. The summed E-state index contributed by atoms with van der Waals surface area (Å²) in [5.41, 5.74) is 1.80. The van der Waals surface area contributed by atoms with Crippen LogP contribution < -0.4 is 0 Å². The molecule has 0 radical (unpaired) electrons. The molecule has 0 aliphatic carbocycles. The molecule has 0 aromatic carbocycles. The number of hydrogen-bond acceptors (Lipinski definition) is 4. The van der Waals surface area contributed by atoms with Gasteiger partial charge in [0.2, 0.25) is 0 Å². The molecular weight excluding hydrogens is 404 g/mol. The molecular formula is C23H45ClO4Si. The minimum Gasteiger partial charge on any atom is -0.416 e. The molecule has 0 aromatic heterocycles. The largest absolute Gasteiger partial charge is 0.416 e. The molecule has 0 aromatic rings. The van der Waals surface area contributed by atoms with Crippen LogP contribution in [0.2, 0.25) is 16.6 Å². The van der Waals surface area contributed by atoms with E-state index in [2.05, 4.69) is 55.4 Å². The highest BCUT2D eigenvalue weighted by atomic mass is 35.5. The molecule has 29 heavy (non-hydrogen) atoms. The Kier molecular flexibility index (Phi) is 9.52. The van der Waals surface area contributed by atoms with Crippen molar-refractivity contribution in [2.45, 2.75) is 116 Å². The minimum absolute atomic E-state index is 0.0712. The zero-order valence-electron chi connectivity index (χ0n) is 20.0. The lowest BCUT2D eigenvalue weighted by molar-refractivity contribution is -0.379. The fourth-order valence-electron chi connectivity index (χ4n) is 5.53. The van der Waals surface area contributed by atoms with Gasteiger partial charge in [0, 0.05) is 18.9 Å². The van der Waals surface area contributed by atoms with Gasteiger partial charge in [-0.1, -0.05) is 55.4 Å². The van der Waals surface area contributed by atoms with Crippen molar-refractivity contribution in [1.82, 2.24) is 0 Å². The Morgan fingerprint density at radius 3 is 2.21 bits per heavy atom. The van der Waals surface area contributed by atoms with Crippen molar-refractivity contribution in [2.75, 3.05) is 19.1 Å². The summed E-state index contributed by atoms with van der Waals surface area (Å²) in [5, 5.41) is 0. The molecule has 2 heterocycles. The quantitative estimate of drug-likeness (QED) is 0.274. The van der Waals surface area contributed by atoms with E-state index in [4.69, 9.17) is 30.2 Å². The molecule has 5 atom stereocenters. The molecule has 2 rings (SSSR count). The van der Waals surface area contributed by atoms with Gasteiger partial charge in [0.1, 0.15) is 0 Å². The van der Waals surface area contributed by atoms with E-state index < -0.39 is 14.3 Å². The third-order valence-electron chi connectivity index (χ3n) is 7.33. The Bertz CT molecular complexity index is 479. The smallest absolute Gasteiger partial charge is 0.283 e. The summed E-state index contributed by atoms with van der Waals surface area (Å²) in [4.78, 5) is 0. The molecule has 2 aliphatic rings. The van der Waals surface area contributed by atoms with Crippen molar-refractivity contribution < 1.29 is 18.6 Å². The Morgan fingerprint density at radius 2 is 1.66 bits per heavy atom. The van der Waals surface area contributed by atoms with Gasteiger partial charge < -0.3 is 18.6 Å². The SMILES string of the molecule is CC(C)[Si](OCC[C@H]1OC2(CC[C@@H]1C)OC[C@@H]([C@@H](C)CCCl)O2)(C(C)C)C(C)C. The van der Waals surface area contributed by atoms with Crippen LogP contribution in [-0.4, -0.2) is 45.6 Å². The number of hydrogen-bond donors (Lipinski definition) is 0. The first-order chi connectivity index (χ1) is 13.6. The van der Waals surface area contributed by atoms with E-state index in [-0.39, 0.29) is 12.2 Å². The van der Waals surface area contributed by atoms with Crippen LogP contribution in [0.4, 0.5) is 0 Å². The summed E-state index contributed by atoms with van der Waals surface area (Å²) in [6.07, 6.45) is 3.89. The van der Waals surface area contributed by atoms with E-state index in [9.17, 15) is 0 Å². The summed E-state index contributed by atoms with van der Waals surface area (Å²) in [6, 6.07) is 0. The first-order valence-electron chi connectivity index (χ1n) is 11.8. The highest BCUT2D eigenvalue weighted by Gasteiger charge is 2.50. The topological polar surface area (TPSA) is 36.9 Å². The van der Waals surface area contributed by atoms with Crippen molar-refractivity contribution >= 4 is 19.9 Å². The third kappa shape index (κ3) is 5.78. The fourth-order valence-corrected chi connectivity index (χ4v) is 11.3. The van der Waals surface area contributed by atoms with Crippen molar-refractivity contribution in [3.63, 3.8) is 0 Å². The Hall–Kier alpha value is 0.347. The first kappa shape index (κ1) is 25.6. The van der Waals surface area contributed by atoms with Crippen molar-refractivity contribution in [3.05, 3.63) is 0 Å². The monoisotopic (exact) mass is 448 g/mol. The normalized spacial score (nSPS) is 32.1. The highest BCUT2D eigenvalue weighted by Crippen LogP contribution is 2.44. The summed E-state index contributed by atoms with van der Waals surface area (Å²) >= 11 is 5.92. The van der Waals surface area contributed by atoms with Crippen molar-refractivity contribution in [1.29, 1.82) is 0 Å². The van der Waals surface area contributed by atoms with Gasteiger partial charge in [-0.3, -0.25) is 0 Å². The van der Waals surface area contributed by atoms with Gasteiger partial charge in [0.25, 0.3) is 5.97 Å².